The lowest BCUT2D eigenvalue weighted by atomic mass is 9.91. The number of carbonyl (C=O) groups is 1. The number of amides is 1. The SMILES string of the molecule is CC(Nc1ccc(Br)cc1)(C(N)=O)c1ccc(F)cc1. The van der Waals surface area contributed by atoms with Crippen LogP contribution in [0.1, 0.15) is 12.5 Å². The second-order valence-corrected chi connectivity index (χ2v) is 5.54. The van der Waals surface area contributed by atoms with Crippen LogP contribution in [-0.2, 0) is 10.3 Å². The fourth-order valence-corrected chi connectivity index (χ4v) is 2.15. The Hall–Kier alpha value is -1.88. The molecule has 0 radical (unpaired) electrons. The third-order valence-corrected chi connectivity index (χ3v) is 3.68. The number of benzene rings is 2. The summed E-state index contributed by atoms with van der Waals surface area (Å²) in [5.74, 6) is -0.892. The average molecular weight is 337 g/mol. The molecule has 1 amide bonds. The number of rotatable bonds is 4. The monoisotopic (exact) mass is 336 g/mol. The topological polar surface area (TPSA) is 55.1 Å². The van der Waals surface area contributed by atoms with E-state index in [1.807, 2.05) is 24.3 Å². The molecule has 1 atom stereocenters. The fourth-order valence-electron chi connectivity index (χ4n) is 1.88. The predicted octanol–water partition coefficient (Wildman–Crippen LogP) is 3.40. The quantitative estimate of drug-likeness (QED) is 0.898. The van der Waals surface area contributed by atoms with E-state index in [0.717, 1.165) is 10.2 Å². The molecule has 0 saturated carbocycles. The van der Waals surface area contributed by atoms with Gasteiger partial charge in [0.05, 0.1) is 0 Å². The van der Waals surface area contributed by atoms with Gasteiger partial charge in [0.25, 0.3) is 0 Å². The van der Waals surface area contributed by atoms with Gasteiger partial charge in [0.1, 0.15) is 11.4 Å². The van der Waals surface area contributed by atoms with Crippen LogP contribution in [0.15, 0.2) is 53.0 Å². The van der Waals surface area contributed by atoms with Gasteiger partial charge in [-0.15, -0.1) is 0 Å². The Morgan fingerprint density at radius 2 is 1.70 bits per heavy atom. The molecule has 3 N–H and O–H groups in total. The van der Waals surface area contributed by atoms with E-state index in [1.54, 1.807) is 19.1 Å². The number of hydrogen-bond donors (Lipinski definition) is 2. The maximum Gasteiger partial charge on any atom is 0.247 e. The first-order chi connectivity index (χ1) is 9.41. The first-order valence-corrected chi connectivity index (χ1v) is 6.81. The summed E-state index contributed by atoms with van der Waals surface area (Å²) in [6.07, 6.45) is 0. The average Bonchev–Trinajstić information content (AvgIpc) is 2.42. The van der Waals surface area contributed by atoms with Gasteiger partial charge in [-0.3, -0.25) is 4.79 Å². The third-order valence-electron chi connectivity index (χ3n) is 3.15. The third kappa shape index (κ3) is 2.99. The van der Waals surface area contributed by atoms with Gasteiger partial charge in [-0.05, 0) is 48.9 Å². The molecule has 2 aromatic rings. The first-order valence-electron chi connectivity index (χ1n) is 6.01. The Balaban J connectivity index is 2.37. The highest BCUT2D eigenvalue weighted by atomic mass is 79.9. The van der Waals surface area contributed by atoms with Crippen LogP contribution >= 0.6 is 15.9 Å². The Morgan fingerprint density at radius 3 is 2.20 bits per heavy atom. The van der Waals surface area contributed by atoms with Gasteiger partial charge >= 0.3 is 0 Å². The molecule has 0 bridgehead atoms. The summed E-state index contributed by atoms with van der Waals surface area (Å²) in [5.41, 5.74) is 5.76. The standard InChI is InChI=1S/C15H14BrFN2O/c1-15(14(18)20,10-2-6-12(17)7-3-10)19-13-8-4-11(16)5-9-13/h2-9,19H,1H3,(H2,18,20). The van der Waals surface area contributed by atoms with Crippen molar-refractivity contribution < 1.29 is 9.18 Å². The van der Waals surface area contributed by atoms with Crippen molar-refractivity contribution >= 4 is 27.5 Å². The zero-order valence-electron chi connectivity index (χ0n) is 10.9. The van der Waals surface area contributed by atoms with Crippen LogP contribution in [0.3, 0.4) is 0 Å². The molecule has 104 valence electrons. The number of hydrogen-bond acceptors (Lipinski definition) is 2. The van der Waals surface area contributed by atoms with E-state index in [2.05, 4.69) is 21.2 Å². The number of primary amides is 1. The second kappa shape index (κ2) is 5.63. The van der Waals surface area contributed by atoms with Crippen LogP contribution in [0.2, 0.25) is 0 Å². The summed E-state index contributed by atoms with van der Waals surface area (Å²) in [6, 6.07) is 13.1. The molecule has 0 saturated heterocycles. The van der Waals surface area contributed by atoms with Crippen molar-refractivity contribution in [1.29, 1.82) is 0 Å². The smallest absolute Gasteiger partial charge is 0.247 e. The highest BCUT2D eigenvalue weighted by Gasteiger charge is 2.33. The van der Waals surface area contributed by atoms with Gasteiger partial charge in [0.15, 0.2) is 0 Å². The van der Waals surface area contributed by atoms with E-state index in [1.165, 1.54) is 12.1 Å². The van der Waals surface area contributed by atoms with Crippen LogP contribution in [0.25, 0.3) is 0 Å². The van der Waals surface area contributed by atoms with E-state index < -0.39 is 11.4 Å². The van der Waals surface area contributed by atoms with Gasteiger partial charge in [0.2, 0.25) is 5.91 Å². The minimum absolute atomic E-state index is 0.357. The molecule has 0 aliphatic rings. The molecule has 0 aromatic heterocycles. The molecule has 2 aromatic carbocycles. The number of nitrogens with two attached hydrogens (primary N) is 1. The maximum atomic E-state index is 13.0. The number of halogens is 2. The van der Waals surface area contributed by atoms with E-state index in [4.69, 9.17) is 5.73 Å². The number of anilines is 1. The lowest BCUT2D eigenvalue weighted by Gasteiger charge is -2.29. The van der Waals surface area contributed by atoms with Crippen molar-refractivity contribution in [2.24, 2.45) is 5.73 Å². The Bertz CT molecular complexity index is 613. The minimum atomic E-state index is -1.11. The molecule has 0 aliphatic heterocycles. The molecule has 5 heteroatoms. The largest absolute Gasteiger partial charge is 0.368 e. The van der Waals surface area contributed by atoms with Crippen LogP contribution in [0.5, 0.6) is 0 Å². The Morgan fingerprint density at radius 1 is 1.15 bits per heavy atom. The summed E-state index contributed by atoms with van der Waals surface area (Å²) < 4.78 is 13.9. The molecule has 0 aliphatic carbocycles. The lowest BCUT2D eigenvalue weighted by molar-refractivity contribution is -0.122. The molecule has 3 nitrogen and oxygen atoms in total. The van der Waals surface area contributed by atoms with Crippen molar-refractivity contribution in [3.63, 3.8) is 0 Å². The predicted molar refractivity (Wildman–Crippen MR) is 80.7 cm³/mol. The van der Waals surface area contributed by atoms with Crippen molar-refractivity contribution in [1.82, 2.24) is 0 Å². The molecule has 20 heavy (non-hydrogen) atoms. The van der Waals surface area contributed by atoms with E-state index in [-0.39, 0.29) is 5.82 Å². The molecular formula is C15H14BrFN2O. The van der Waals surface area contributed by atoms with E-state index in [9.17, 15) is 9.18 Å². The summed E-state index contributed by atoms with van der Waals surface area (Å²) >= 11 is 3.35. The Kier molecular flexibility index (Phi) is 4.09. The van der Waals surface area contributed by atoms with Gasteiger partial charge in [-0.25, -0.2) is 4.39 Å². The molecular weight excluding hydrogens is 323 g/mol. The van der Waals surface area contributed by atoms with Gasteiger partial charge in [-0.2, -0.15) is 0 Å². The highest BCUT2D eigenvalue weighted by molar-refractivity contribution is 9.10. The van der Waals surface area contributed by atoms with Crippen molar-refractivity contribution in [2.75, 3.05) is 5.32 Å². The summed E-state index contributed by atoms with van der Waals surface area (Å²) in [7, 11) is 0. The summed E-state index contributed by atoms with van der Waals surface area (Å²) in [6.45, 7) is 1.67. The maximum absolute atomic E-state index is 13.0. The van der Waals surface area contributed by atoms with Crippen LogP contribution in [0, 0.1) is 5.82 Å². The second-order valence-electron chi connectivity index (χ2n) is 4.63. The summed E-state index contributed by atoms with van der Waals surface area (Å²) in [5, 5.41) is 3.10. The van der Waals surface area contributed by atoms with Crippen molar-refractivity contribution in [2.45, 2.75) is 12.5 Å². The van der Waals surface area contributed by atoms with E-state index >= 15 is 0 Å². The first kappa shape index (κ1) is 14.5. The number of carbonyl (C=O) groups excluding carboxylic acids is 1. The van der Waals surface area contributed by atoms with E-state index in [0.29, 0.717) is 5.56 Å². The van der Waals surface area contributed by atoms with Crippen molar-refractivity contribution in [3.8, 4) is 0 Å². The minimum Gasteiger partial charge on any atom is -0.368 e. The zero-order chi connectivity index (χ0) is 14.8. The van der Waals surface area contributed by atoms with Gasteiger partial charge in [-0.1, -0.05) is 28.1 Å². The highest BCUT2D eigenvalue weighted by Crippen LogP contribution is 2.27. The molecule has 1 unspecified atom stereocenters. The molecule has 0 spiro atoms. The molecule has 2 rings (SSSR count). The normalized spacial score (nSPS) is 13.6. The van der Waals surface area contributed by atoms with Crippen LogP contribution in [0.4, 0.5) is 10.1 Å². The number of nitrogens with one attached hydrogen (secondary N) is 1. The van der Waals surface area contributed by atoms with Crippen molar-refractivity contribution in [3.05, 3.63) is 64.4 Å². The van der Waals surface area contributed by atoms with Gasteiger partial charge < -0.3 is 11.1 Å². The molecule has 0 heterocycles. The summed E-state index contributed by atoms with van der Waals surface area (Å²) in [4.78, 5) is 11.8. The zero-order valence-corrected chi connectivity index (χ0v) is 12.4. The Labute approximate surface area is 125 Å². The molecule has 0 fully saturated rings. The van der Waals surface area contributed by atoms with Gasteiger partial charge in [0, 0.05) is 10.2 Å². The van der Waals surface area contributed by atoms with Crippen LogP contribution in [-0.4, -0.2) is 5.91 Å². The fraction of sp³-hybridized carbons (Fsp3) is 0.133. The van der Waals surface area contributed by atoms with Crippen LogP contribution < -0.4 is 11.1 Å². The lowest BCUT2D eigenvalue weighted by Crippen LogP contribution is -2.45.